The highest BCUT2D eigenvalue weighted by Gasteiger charge is 2.25. The number of rotatable bonds is 2. The first kappa shape index (κ1) is 7.59. The minimum absolute atomic E-state index is 0.00366. The van der Waals surface area contributed by atoms with Crippen LogP contribution in [0.25, 0.3) is 0 Å². The zero-order valence-electron chi connectivity index (χ0n) is 5.92. The number of hydrogen-bond acceptors (Lipinski definition) is 2. The Hall–Kier alpha value is -0.520. The van der Waals surface area contributed by atoms with Crippen LogP contribution in [0.2, 0.25) is 0 Å². The van der Waals surface area contributed by atoms with Crippen LogP contribution in [0.15, 0.2) is 0 Å². The van der Waals surface area contributed by atoms with Gasteiger partial charge in [0.2, 0.25) is 0 Å². The van der Waals surface area contributed by atoms with Crippen molar-refractivity contribution in [2.24, 2.45) is 0 Å². The van der Waals surface area contributed by atoms with Crippen LogP contribution in [-0.4, -0.2) is 23.9 Å². The van der Waals surface area contributed by atoms with E-state index >= 15 is 0 Å². The van der Waals surface area contributed by atoms with Gasteiger partial charge < -0.3 is 9.84 Å². The van der Waals surface area contributed by atoms with E-state index in [1.165, 1.54) is 0 Å². The van der Waals surface area contributed by atoms with Crippen molar-refractivity contribution in [2.75, 3.05) is 6.61 Å². The molecule has 0 saturated heterocycles. The fourth-order valence-corrected chi connectivity index (χ4v) is 1.26. The third-order valence-corrected chi connectivity index (χ3v) is 1.80. The standard InChI is InChI=1S/C8H12O2/c1-2-6-10-8-5-3-4-7(8)9/h1,7-9H,3-6H2/t7-,8-/m0/s1. The third kappa shape index (κ3) is 1.73. The summed E-state index contributed by atoms with van der Waals surface area (Å²) in [5, 5.41) is 9.22. The minimum Gasteiger partial charge on any atom is -0.390 e. The Bertz CT molecular complexity index is 137. The molecule has 1 aliphatic rings. The molecule has 0 aromatic carbocycles. The molecule has 0 aromatic heterocycles. The number of terminal acetylenes is 1. The van der Waals surface area contributed by atoms with E-state index in [1.807, 2.05) is 0 Å². The summed E-state index contributed by atoms with van der Waals surface area (Å²) < 4.78 is 5.18. The Labute approximate surface area is 61.2 Å². The second-order valence-corrected chi connectivity index (χ2v) is 2.55. The van der Waals surface area contributed by atoms with Gasteiger partial charge in [0.1, 0.15) is 6.61 Å². The van der Waals surface area contributed by atoms with Gasteiger partial charge in [0.15, 0.2) is 0 Å². The van der Waals surface area contributed by atoms with Crippen molar-refractivity contribution < 1.29 is 9.84 Å². The Kier molecular flexibility index (Phi) is 2.73. The molecule has 0 aliphatic heterocycles. The van der Waals surface area contributed by atoms with Gasteiger partial charge in [-0.3, -0.25) is 0 Å². The third-order valence-electron chi connectivity index (χ3n) is 1.80. The molecule has 2 atom stereocenters. The van der Waals surface area contributed by atoms with E-state index in [4.69, 9.17) is 11.2 Å². The average Bonchev–Trinajstić information content (AvgIpc) is 2.31. The molecule has 1 saturated carbocycles. The second-order valence-electron chi connectivity index (χ2n) is 2.55. The fourth-order valence-electron chi connectivity index (χ4n) is 1.26. The van der Waals surface area contributed by atoms with Crippen LogP contribution in [0.3, 0.4) is 0 Å². The minimum atomic E-state index is -0.284. The van der Waals surface area contributed by atoms with Gasteiger partial charge in [0.25, 0.3) is 0 Å². The lowest BCUT2D eigenvalue weighted by Gasteiger charge is -2.12. The maximum Gasteiger partial charge on any atom is 0.107 e. The molecule has 2 heteroatoms. The zero-order chi connectivity index (χ0) is 7.40. The molecule has 0 amide bonds. The van der Waals surface area contributed by atoms with Gasteiger partial charge in [-0.15, -0.1) is 6.42 Å². The number of hydrogen-bond donors (Lipinski definition) is 1. The zero-order valence-corrected chi connectivity index (χ0v) is 5.92. The molecule has 2 nitrogen and oxygen atoms in total. The van der Waals surface area contributed by atoms with Gasteiger partial charge >= 0.3 is 0 Å². The Balaban J connectivity index is 2.21. The maximum absolute atomic E-state index is 9.22. The van der Waals surface area contributed by atoms with E-state index < -0.39 is 0 Å². The van der Waals surface area contributed by atoms with E-state index in [2.05, 4.69) is 5.92 Å². The lowest BCUT2D eigenvalue weighted by Crippen LogP contribution is -2.22. The predicted molar refractivity (Wildman–Crippen MR) is 38.4 cm³/mol. The van der Waals surface area contributed by atoms with E-state index in [0.717, 1.165) is 19.3 Å². The van der Waals surface area contributed by atoms with E-state index in [-0.39, 0.29) is 12.2 Å². The second kappa shape index (κ2) is 3.60. The molecular formula is C8H12O2. The summed E-state index contributed by atoms with van der Waals surface area (Å²) in [6, 6.07) is 0. The summed E-state index contributed by atoms with van der Waals surface area (Å²) in [5.74, 6) is 2.38. The van der Waals surface area contributed by atoms with Gasteiger partial charge in [0, 0.05) is 0 Å². The molecule has 0 radical (unpaired) electrons. The molecule has 0 unspecified atom stereocenters. The van der Waals surface area contributed by atoms with Crippen LogP contribution in [-0.2, 0) is 4.74 Å². The van der Waals surface area contributed by atoms with Crippen LogP contribution in [0.5, 0.6) is 0 Å². The molecule has 1 aliphatic carbocycles. The van der Waals surface area contributed by atoms with E-state index in [1.54, 1.807) is 0 Å². The van der Waals surface area contributed by atoms with Crippen molar-refractivity contribution in [1.29, 1.82) is 0 Å². The highest BCUT2D eigenvalue weighted by Crippen LogP contribution is 2.21. The molecule has 56 valence electrons. The van der Waals surface area contributed by atoms with Gasteiger partial charge in [-0.1, -0.05) is 5.92 Å². The van der Waals surface area contributed by atoms with E-state index in [9.17, 15) is 5.11 Å². The van der Waals surface area contributed by atoms with Crippen molar-refractivity contribution in [3.63, 3.8) is 0 Å². The fraction of sp³-hybridized carbons (Fsp3) is 0.750. The predicted octanol–water partition coefficient (Wildman–Crippen LogP) is 0.550. The van der Waals surface area contributed by atoms with Crippen LogP contribution in [0, 0.1) is 12.3 Å². The van der Waals surface area contributed by atoms with Gasteiger partial charge in [0.05, 0.1) is 12.2 Å². The summed E-state index contributed by atoms with van der Waals surface area (Å²) in [6.45, 7) is 0.321. The highest BCUT2D eigenvalue weighted by atomic mass is 16.5. The van der Waals surface area contributed by atoms with Gasteiger partial charge in [-0.05, 0) is 19.3 Å². The summed E-state index contributed by atoms with van der Waals surface area (Å²) in [6.07, 6.45) is 7.56. The van der Waals surface area contributed by atoms with Crippen molar-refractivity contribution in [3.05, 3.63) is 0 Å². The molecule has 1 fully saturated rings. The van der Waals surface area contributed by atoms with Gasteiger partial charge in [-0.2, -0.15) is 0 Å². The van der Waals surface area contributed by atoms with E-state index in [0.29, 0.717) is 6.61 Å². The number of aliphatic hydroxyl groups excluding tert-OH is 1. The largest absolute Gasteiger partial charge is 0.390 e. The molecule has 0 aromatic rings. The Morgan fingerprint density at radius 1 is 1.60 bits per heavy atom. The van der Waals surface area contributed by atoms with Crippen molar-refractivity contribution in [1.82, 2.24) is 0 Å². The Morgan fingerprint density at radius 3 is 2.90 bits per heavy atom. The molecular weight excluding hydrogens is 128 g/mol. The molecule has 1 N–H and O–H groups in total. The van der Waals surface area contributed by atoms with Crippen LogP contribution < -0.4 is 0 Å². The normalized spacial score (nSPS) is 32.0. The lowest BCUT2D eigenvalue weighted by molar-refractivity contribution is -0.00414. The molecule has 0 bridgehead atoms. The molecule has 0 heterocycles. The quantitative estimate of drug-likeness (QED) is 0.567. The smallest absolute Gasteiger partial charge is 0.107 e. The summed E-state index contributed by atoms with van der Waals surface area (Å²) >= 11 is 0. The van der Waals surface area contributed by atoms with Crippen LogP contribution in [0.4, 0.5) is 0 Å². The summed E-state index contributed by atoms with van der Waals surface area (Å²) in [5.41, 5.74) is 0. The van der Waals surface area contributed by atoms with Crippen molar-refractivity contribution in [3.8, 4) is 12.3 Å². The summed E-state index contributed by atoms with van der Waals surface area (Å²) in [7, 11) is 0. The van der Waals surface area contributed by atoms with Crippen LogP contribution >= 0.6 is 0 Å². The van der Waals surface area contributed by atoms with Crippen molar-refractivity contribution in [2.45, 2.75) is 31.5 Å². The molecule has 10 heavy (non-hydrogen) atoms. The maximum atomic E-state index is 9.22. The molecule has 1 rings (SSSR count). The summed E-state index contributed by atoms with van der Waals surface area (Å²) in [4.78, 5) is 0. The topological polar surface area (TPSA) is 29.5 Å². The highest BCUT2D eigenvalue weighted by molar-refractivity contribution is 4.85. The monoisotopic (exact) mass is 140 g/mol. The first-order chi connectivity index (χ1) is 4.84. The first-order valence-corrected chi connectivity index (χ1v) is 3.57. The van der Waals surface area contributed by atoms with Crippen LogP contribution in [0.1, 0.15) is 19.3 Å². The SMILES string of the molecule is C#CCO[C@H]1CCC[C@@H]1O. The van der Waals surface area contributed by atoms with Gasteiger partial charge in [-0.25, -0.2) is 0 Å². The Morgan fingerprint density at radius 2 is 2.40 bits per heavy atom. The average molecular weight is 140 g/mol. The van der Waals surface area contributed by atoms with Crippen molar-refractivity contribution >= 4 is 0 Å². The molecule has 0 spiro atoms. The number of aliphatic hydroxyl groups is 1. The number of ether oxygens (including phenoxy) is 1. The lowest BCUT2D eigenvalue weighted by atomic mass is 10.3. The first-order valence-electron chi connectivity index (χ1n) is 3.57.